The molecule has 0 aliphatic rings. The fraction of sp³-hybridized carbons (Fsp3) is 0.727. The molecule has 0 radical (unpaired) electrons. The second-order valence-electron chi connectivity index (χ2n) is 3.80. The van der Waals surface area contributed by atoms with Crippen molar-refractivity contribution in [1.82, 2.24) is 20.2 Å². The Balaban J connectivity index is 2.25. The third kappa shape index (κ3) is 5.07. The van der Waals surface area contributed by atoms with Crippen molar-refractivity contribution in [3.05, 3.63) is 10.6 Å². The second kappa shape index (κ2) is 8.96. The van der Waals surface area contributed by atoms with Crippen LogP contribution >= 0.6 is 11.5 Å². The van der Waals surface area contributed by atoms with Gasteiger partial charge in [-0.3, -0.25) is 4.79 Å². The highest BCUT2D eigenvalue weighted by atomic mass is 32.1. The van der Waals surface area contributed by atoms with Crippen molar-refractivity contribution in [2.75, 3.05) is 33.4 Å². The van der Waals surface area contributed by atoms with Crippen LogP contribution in [-0.2, 0) is 11.2 Å². The standard InChI is InChI=1S/C11H20N4O2S/c1-3-4-9-10(18-15-14-9)11(16)13-6-5-12-7-8-17-2/h12H,3-8H2,1-2H3,(H,13,16). The molecule has 0 fully saturated rings. The summed E-state index contributed by atoms with van der Waals surface area (Å²) in [6.07, 6.45) is 1.76. The minimum absolute atomic E-state index is 0.0815. The normalized spacial score (nSPS) is 10.6. The van der Waals surface area contributed by atoms with Gasteiger partial charge in [-0.15, -0.1) is 5.10 Å². The topological polar surface area (TPSA) is 76.1 Å². The van der Waals surface area contributed by atoms with Gasteiger partial charge in [0.15, 0.2) is 0 Å². The monoisotopic (exact) mass is 272 g/mol. The maximum atomic E-state index is 11.9. The van der Waals surface area contributed by atoms with E-state index in [0.717, 1.165) is 43.2 Å². The van der Waals surface area contributed by atoms with Crippen LogP contribution in [0.15, 0.2) is 0 Å². The van der Waals surface area contributed by atoms with Crippen LogP contribution in [0.4, 0.5) is 0 Å². The average Bonchev–Trinajstić information content (AvgIpc) is 2.82. The molecule has 1 aromatic heterocycles. The molecule has 1 aromatic rings. The Bertz CT molecular complexity index is 357. The van der Waals surface area contributed by atoms with E-state index < -0.39 is 0 Å². The highest BCUT2D eigenvalue weighted by molar-refractivity contribution is 7.08. The maximum absolute atomic E-state index is 11.9. The van der Waals surface area contributed by atoms with Gasteiger partial charge >= 0.3 is 0 Å². The van der Waals surface area contributed by atoms with E-state index in [9.17, 15) is 4.79 Å². The number of aromatic nitrogens is 2. The SMILES string of the molecule is CCCc1nnsc1C(=O)NCCNCCOC. The molecular formula is C11H20N4O2S. The third-order valence-electron chi connectivity index (χ3n) is 2.32. The summed E-state index contributed by atoms with van der Waals surface area (Å²) in [5.74, 6) is -0.0815. The van der Waals surface area contributed by atoms with E-state index in [1.165, 1.54) is 0 Å². The number of methoxy groups -OCH3 is 1. The lowest BCUT2D eigenvalue weighted by atomic mass is 10.2. The molecule has 1 rings (SSSR count). The quantitative estimate of drug-likeness (QED) is 0.639. The Labute approximate surface area is 111 Å². The summed E-state index contributed by atoms with van der Waals surface area (Å²) in [6.45, 7) is 4.83. The van der Waals surface area contributed by atoms with Crippen LogP contribution in [0, 0.1) is 0 Å². The summed E-state index contributed by atoms with van der Waals surface area (Å²) in [7, 11) is 1.66. The molecule has 0 aliphatic carbocycles. The summed E-state index contributed by atoms with van der Waals surface area (Å²) in [5.41, 5.74) is 0.798. The number of hydrogen-bond donors (Lipinski definition) is 2. The van der Waals surface area contributed by atoms with Crippen LogP contribution in [0.3, 0.4) is 0 Å². The number of carbonyl (C=O) groups excluding carboxylic acids is 1. The predicted molar refractivity (Wildman–Crippen MR) is 71.0 cm³/mol. The fourth-order valence-corrected chi connectivity index (χ4v) is 2.05. The highest BCUT2D eigenvalue weighted by Crippen LogP contribution is 2.11. The smallest absolute Gasteiger partial charge is 0.264 e. The summed E-state index contributed by atoms with van der Waals surface area (Å²) >= 11 is 1.16. The van der Waals surface area contributed by atoms with Gasteiger partial charge in [-0.2, -0.15) is 0 Å². The number of ether oxygens (including phenoxy) is 1. The molecule has 0 aliphatic heterocycles. The zero-order chi connectivity index (χ0) is 13.2. The Kier molecular flexibility index (Phi) is 7.47. The minimum Gasteiger partial charge on any atom is -0.383 e. The third-order valence-corrected chi connectivity index (χ3v) is 3.09. The minimum atomic E-state index is -0.0815. The van der Waals surface area contributed by atoms with Crippen LogP contribution in [0.5, 0.6) is 0 Å². The lowest BCUT2D eigenvalue weighted by molar-refractivity contribution is 0.0956. The Morgan fingerprint density at radius 2 is 2.22 bits per heavy atom. The van der Waals surface area contributed by atoms with Gasteiger partial charge in [-0.1, -0.05) is 17.8 Å². The van der Waals surface area contributed by atoms with Crippen LogP contribution in [0.25, 0.3) is 0 Å². The molecule has 0 atom stereocenters. The molecule has 6 nitrogen and oxygen atoms in total. The number of aryl methyl sites for hydroxylation is 1. The summed E-state index contributed by atoms with van der Waals surface area (Å²) in [6, 6.07) is 0. The van der Waals surface area contributed by atoms with Gasteiger partial charge in [0.1, 0.15) is 4.88 Å². The van der Waals surface area contributed by atoms with Gasteiger partial charge in [0.05, 0.1) is 12.3 Å². The van der Waals surface area contributed by atoms with Gasteiger partial charge in [-0.05, 0) is 18.0 Å². The van der Waals surface area contributed by atoms with E-state index in [-0.39, 0.29) is 5.91 Å². The Morgan fingerprint density at radius 3 is 2.94 bits per heavy atom. The van der Waals surface area contributed by atoms with Crippen molar-refractivity contribution >= 4 is 17.4 Å². The Morgan fingerprint density at radius 1 is 1.39 bits per heavy atom. The average molecular weight is 272 g/mol. The summed E-state index contributed by atoms with van der Waals surface area (Å²) in [4.78, 5) is 12.5. The van der Waals surface area contributed by atoms with Crippen LogP contribution in [-0.4, -0.2) is 48.8 Å². The van der Waals surface area contributed by atoms with Crippen LogP contribution in [0.1, 0.15) is 28.7 Å². The first-order chi connectivity index (χ1) is 8.79. The molecule has 7 heteroatoms. The number of carbonyl (C=O) groups is 1. The molecule has 0 saturated carbocycles. The number of nitrogens with one attached hydrogen (secondary N) is 2. The van der Waals surface area contributed by atoms with E-state index in [4.69, 9.17) is 4.74 Å². The van der Waals surface area contributed by atoms with Crippen LogP contribution < -0.4 is 10.6 Å². The van der Waals surface area contributed by atoms with Crippen molar-refractivity contribution < 1.29 is 9.53 Å². The lowest BCUT2D eigenvalue weighted by Crippen LogP contribution is -2.33. The Hall–Kier alpha value is -1.05. The molecule has 0 unspecified atom stereocenters. The first-order valence-electron chi connectivity index (χ1n) is 6.08. The van der Waals surface area contributed by atoms with Crippen molar-refractivity contribution in [1.29, 1.82) is 0 Å². The number of hydrogen-bond acceptors (Lipinski definition) is 6. The maximum Gasteiger partial charge on any atom is 0.264 e. The highest BCUT2D eigenvalue weighted by Gasteiger charge is 2.14. The molecule has 0 bridgehead atoms. The summed E-state index contributed by atoms with van der Waals surface area (Å²) < 4.78 is 8.74. The molecule has 0 aromatic carbocycles. The van der Waals surface area contributed by atoms with E-state index in [2.05, 4.69) is 27.1 Å². The van der Waals surface area contributed by atoms with E-state index in [1.807, 2.05) is 0 Å². The largest absolute Gasteiger partial charge is 0.383 e. The van der Waals surface area contributed by atoms with Crippen molar-refractivity contribution in [2.24, 2.45) is 0 Å². The van der Waals surface area contributed by atoms with Gasteiger partial charge in [0.2, 0.25) is 0 Å². The molecule has 102 valence electrons. The van der Waals surface area contributed by atoms with E-state index in [1.54, 1.807) is 7.11 Å². The lowest BCUT2D eigenvalue weighted by Gasteiger charge is -2.05. The molecule has 18 heavy (non-hydrogen) atoms. The fourth-order valence-electron chi connectivity index (χ4n) is 1.43. The van der Waals surface area contributed by atoms with Gasteiger partial charge in [-0.25, -0.2) is 0 Å². The van der Waals surface area contributed by atoms with E-state index >= 15 is 0 Å². The van der Waals surface area contributed by atoms with Crippen LogP contribution in [0.2, 0.25) is 0 Å². The van der Waals surface area contributed by atoms with Gasteiger partial charge < -0.3 is 15.4 Å². The zero-order valence-electron chi connectivity index (χ0n) is 10.9. The first kappa shape index (κ1) is 15.0. The van der Waals surface area contributed by atoms with E-state index in [0.29, 0.717) is 18.0 Å². The number of amides is 1. The molecule has 1 heterocycles. The molecule has 0 spiro atoms. The van der Waals surface area contributed by atoms with Gasteiger partial charge in [0, 0.05) is 26.7 Å². The molecule has 1 amide bonds. The summed E-state index contributed by atoms with van der Waals surface area (Å²) in [5, 5.41) is 9.98. The molecule has 0 saturated heterocycles. The molecular weight excluding hydrogens is 252 g/mol. The van der Waals surface area contributed by atoms with Gasteiger partial charge in [0.25, 0.3) is 5.91 Å². The van der Waals surface area contributed by atoms with Crippen molar-refractivity contribution in [2.45, 2.75) is 19.8 Å². The number of rotatable bonds is 9. The predicted octanol–water partition coefficient (Wildman–Crippen LogP) is 0.456. The zero-order valence-corrected chi connectivity index (χ0v) is 11.7. The molecule has 2 N–H and O–H groups in total. The second-order valence-corrected chi connectivity index (χ2v) is 4.55. The van der Waals surface area contributed by atoms with Crippen molar-refractivity contribution in [3.8, 4) is 0 Å². The first-order valence-corrected chi connectivity index (χ1v) is 6.86. The van der Waals surface area contributed by atoms with Crippen molar-refractivity contribution in [3.63, 3.8) is 0 Å². The number of nitrogens with zero attached hydrogens (tertiary/aromatic N) is 2.